The number of amides is 1. The van der Waals surface area contributed by atoms with E-state index in [4.69, 9.17) is 4.74 Å². The van der Waals surface area contributed by atoms with Crippen LogP contribution in [0.5, 0.6) is 5.75 Å². The number of methoxy groups -OCH3 is 1. The largest absolute Gasteiger partial charge is 0.497 e. The highest BCUT2D eigenvalue weighted by molar-refractivity contribution is 5.98. The maximum Gasteiger partial charge on any atom is 0.282 e. The molecule has 1 fully saturated rings. The van der Waals surface area contributed by atoms with E-state index in [9.17, 15) is 14.9 Å². The van der Waals surface area contributed by atoms with Crippen molar-refractivity contribution < 1.29 is 14.5 Å². The van der Waals surface area contributed by atoms with Crippen LogP contribution in [-0.2, 0) is 0 Å². The minimum atomic E-state index is -0.523. The van der Waals surface area contributed by atoms with Crippen LogP contribution in [0.1, 0.15) is 30.1 Å². The van der Waals surface area contributed by atoms with Gasteiger partial charge in [0.1, 0.15) is 11.3 Å². The van der Waals surface area contributed by atoms with Crippen LogP contribution in [0.15, 0.2) is 18.2 Å². The van der Waals surface area contributed by atoms with Gasteiger partial charge in [0.05, 0.1) is 12.0 Å². The highest BCUT2D eigenvalue weighted by Gasteiger charge is 2.28. The number of nitrogens with zero attached hydrogens (tertiary/aromatic N) is 2. The van der Waals surface area contributed by atoms with Crippen LogP contribution in [0.2, 0.25) is 0 Å². The Morgan fingerprint density at radius 1 is 1.42 bits per heavy atom. The molecule has 0 unspecified atom stereocenters. The monoisotopic (exact) mass is 357 g/mol. The molecule has 0 spiro atoms. The molecule has 1 heterocycles. The summed E-state index contributed by atoms with van der Waals surface area (Å²) in [5, 5.41) is 14.5. The fourth-order valence-electron chi connectivity index (χ4n) is 2.83. The molecule has 1 N–H and O–H groups in total. The second-order valence-electron chi connectivity index (χ2n) is 5.68. The van der Waals surface area contributed by atoms with Crippen molar-refractivity contribution in [2.75, 3.05) is 33.3 Å². The number of nitro benzene ring substituents is 1. The number of halogens is 1. The maximum atomic E-state index is 12.7. The Morgan fingerprint density at radius 3 is 2.62 bits per heavy atom. The highest BCUT2D eigenvalue weighted by Crippen LogP contribution is 2.27. The highest BCUT2D eigenvalue weighted by atomic mass is 35.5. The third-order valence-electron chi connectivity index (χ3n) is 4.22. The Balaban J connectivity index is 0.00000288. The van der Waals surface area contributed by atoms with Gasteiger partial charge in [-0.2, -0.15) is 0 Å². The van der Waals surface area contributed by atoms with Crippen molar-refractivity contribution >= 4 is 24.0 Å². The summed E-state index contributed by atoms with van der Waals surface area (Å²) in [5.74, 6) is 0.706. The van der Waals surface area contributed by atoms with Crippen molar-refractivity contribution in [3.8, 4) is 5.75 Å². The molecule has 2 rings (SSSR count). The number of nitrogens with one attached hydrogen (secondary N) is 1. The van der Waals surface area contributed by atoms with Gasteiger partial charge >= 0.3 is 0 Å². The van der Waals surface area contributed by atoms with E-state index in [1.54, 1.807) is 4.90 Å². The van der Waals surface area contributed by atoms with Gasteiger partial charge in [0.2, 0.25) is 0 Å². The number of hydrogen-bond donors (Lipinski definition) is 1. The van der Waals surface area contributed by atoms with Crippen LogP contribution in [-0.4, -0.2) is 49.0 Å². The summed E-state index contributed by atoms with van der Waals surface area (Å²) in [6.45, 7) is 5.22. The molecule has 0 bridgehead atoms. The van der Waals surface area contributed by atoms with Crippen molar-refractivity contribution in [3.05, 3.63) is 33.9 Å². The van der Waals surface area contributed by atoms with E-state index in [0.29, 0.717) is 24.8 Å². The molecule has 1 saturated heterocycles. The second kappa shape index (κ2) is 9.44. The zero-order chi connectivity index (χ0) is 16.8. The molecule has 8 heteroatoms. The Hall–Kier alpha value is -1.86. The summed E-state index contributed by atoms with van der Waals surface area (Å²) < 4.78 is 5.09. The molecule has 1 aliphatic heterocycles. The van der Waals surface area contributed by atoms with E-state index < -0.39 is 4.92 Å². The van der Waals surface area contributed by atoms with Gasteiger partial charge < -0.3 is 15.0 Å². The SMILES string of the molecule is CCNCC1CCN(C(=O)c2cc(OC)ccc2[N+](=O)[O-])CC1.Cl. The number of benzene rings is 1. The fourth-order valence-corrected chi connectivity index (χ4v) is 2.83. The molecule has 0 saturated carbocycles. The lowest BCUT2D eigenvalue weighted by molar-refractivity contribution is -0.385. The molecule has 7 nitrogen and oxygen atoms in total. The Bertz CT molecular complexity index is 574. The fraction of sp³-hybridized carbons (Fsp3) is 0.562. The smallest absolute Gasteiger partial charge is 0.282 e. The van der Waals surface area contributed by atoms with Gasteiger partial charge in [-0.1, -0.05) is 6.92 Å². The van der Waals surface area contributed by atoms with Crippen molar-refractivity contribution in [1.82, 2.24) is 10.2 Å². The molecule has 1 aromatic carbocycles. The zero-order valence-electron chi connectivity index (χ0n) is 14.0. The molecule has 24 heavy (non-hydrogen) atoms. The predicted molar refractivity (Wildman–Crippen MR) is 94.1 cm³/mol. The second-order valence-corrected chi connectivity index (χ2v) is 5.68. The van der Waals surface area contributed by atoms with Crippen molar-refractivity contribution in [3.63, 3.8) is 0 Å². The van der Waals surface area contributed by atoms with Gasteiger partial charge in [-0.05, 0) is 44.0 Å². The minimum Gasteiger partial charge on any atom is -0.497 e. The molecule has 0 aliphatic carbocycles. The summed E-state index contributed by atoms with van der Waals surface area (Å²) >= 11 is 0. The van der Waals surface area contributed by atoms with Gasteiger partial charge in [0, 0.05) is 19.2 Å². The third kappa shape index (κ3) is 4.82. The van der Waals surface area contributed by atoms with E-state index in [0.717, 1.165) is 25.9 Å². The number of ether oxygens (including phenoxy) is 1. The van der Waals surface area contributed by atoms with E-state index in [2.05, 4.69) is 12.2 Å². The average molecular weight is 358 g/mol. The van der Waals surface area contributed by atoms with Crippen molar-refractivity contribution in [2.24, 2.45) is 5.92 Å². The van der Waals surface area contributed by atoms with Crippen LogP contribution < -0.4 is 10.1 Å². The first-order chi connectivity index (χ1) is 11.1. The van der Waals surface area contributed by atoms with Gasteiger partial charge in [0.25, 0.3) is 11.6 Å². The summed E-state index contributed by atoms with van der Waals surface area (Å²) in [4.78, 5) is 25.0. The Labute approximate surface area is 147 Å². The molecular weight excluding hydrogens is 334 g/mol. The standard InChI is InChI=1S/C16H23N3O4.ClH/c1-3-17-11-12-6-8-18(9-7-12)16(20)14-10-13(23-2)4-5-15(14)19(21)22;/h4-5,10,12,17H,3,6-9,11H2,1-2H3;1H. The molecule has 0 radical (unpaired) electrons. The van der Waals surface area contributed by atoms with Crippen LogP contribution in [0.4, 0.5) is 5.69 Å². The van der Waals surface area contributed by atoms with E-state index in [-0.39, 0.29) is 29.6 Å². The normalized spacial score (nSPS) is 14.8. The summed E-state index contributed by atoms with van der Waals surface area (Å²) in [6.07, 6.45) is 1.83. The lowest BCUT2D eigenvalue weighted by Gasteiger charge is -2.32. The third-order valence-corrected chi connectivity index (χ3v) is 4.22. The number of carbonyl (C=O) groups is 1. The van der Waals surface area contributed by atoms with Crippen LogP contribution >= 0.6 is 12.4 Å². The van der Waals surface area contributed by atoms with Crippen molar-refractivity contribution in [2.45, 2.75) is 19.8 Å². The molecule has 134 valence electrons. The molecule has 1 aliphatic rings. The first-order valence-corrected chi connectivity index (χ1v) is 7.89. The van der Waals surface area contributed by atoms with Gasteiger partial charge in [0.15, 0.2) is 0 Å². The summed E-state index contributed by atoms with van der Waals surface area (Å²) in [7, 11) is 1.47. The van der Waals surface area contributed by atoms with E-state index in [1.807, 2.05) is 0 Å². The lowest BCUT2D eigenvalue weighted by Crippen LogP contribution is -2.41. The van der Waals surface area contributed by atoms with Gasteiger partial charge in [-0.15, -0.1) is 12.4 Å². The van der Waals surface area contributed by atoms with Crippen LogP contribution in [0.3, 0.4) is 0 Å². The van der Waals surface area contributed by atoms with Crippen LogP contribution in [0.25, 0.3) is 0 Å². The number of likely N-dealkylation sites (tertiary alicyclic amines) is 1. The zero-order valence-corrected chi connectivity index (χ0v) is 14.8. The first kappa shape index (κ1) is 20.2. The van der Waals surface area contributed by atoms with Gasteiger partial charge in [-0.3, -0.25) is 14.9 Å². The number of hydrogen-bond acceptors (Lipinski definition) is 5. The first-order valence-electron chi connectivity index (χ1n) is 7.89. The number of nitro groups is 1. The van der Waals surface area contributed by atoms with Crippen molar-refractivity contribution in [1.29, 1.82) is 0 Å². The Morgan fingerprint density at radius 2 is 2.08 bits per heavy atom. The number of piperidine rings is 1. The van der Waals surface area contributed by atoms with Crippen LogP contribution in [0, 0.1) is 16.0 Å². The molecular formula is C16H24ClN3O4. The van der Waals surface area contributed by atoms with E-state index >= 15 is 0 Å². The number of carbonyl (C=O) groups excluding carboxylic acids is 1. The summed E-state index contributed by atoms with van der Waals surface area (Å²) in [6, 6.07) is 4.27. The average Bonchev–Trinajstić information content (AvgIpc) is 2.59. The molecule has 0 atom stereocenters. The molecule has 1 aromatic rings. The van der Waals surface area contributed by atoms with E-state index in [1.165, 1.54) is 25.3 Å². The predicted octanol–water partition coefficient (Wildman–Crippen LogP) is 2.49. The minimum absolute atomic E-state index is 0. The topological polar surface area (TPSA) is 84.7 Å². The molecule has 0 aromatic heterocycles. The maximum absolute atomic E-state index is 12.7. The quantitative estimate of drug-likeness (QED) is 0.624. The number of rotatable bonds is 6. The Kier molecular flexibility index (Phi) is 7.94. The summed E-state index contributed by atoms with van der Waals surface area (Å²) in [5.41, 5.74) is -0.0787. The lowest BCUT2D eigenvalue weighted by atomic mass is 9.96. The molecule has 1 amide bonds. The van der Waals surface area contributed by atoms with Gasteiger partial charge in [-0.25, -0.2) is 0 Å².